The van der Waals surface area contributed by atoms with Crippen LogP contribution in [0.3, 0.4) is 0 Å². The summed E-state index contributed by atoms with van der Waals surface area (Å²) in [6.45, 7) is 2.11. The first-order valence-electron chi connectivity index (χ1n) is 11.4. The number of carbonyl (C=O) groups excluding carboxylic acids is 2. The number of ether oxygens (including phenoxy) is 1. The maximum absolute atomic E-state index is 13.1. The number of amides is 1. The van der Waals surface area contributed by atoms with Gasteiger partial charge >= 0.3 is 5.97 Å². The van der Waals surface area contributed by atoms with Crippen LogP contribution in [-0.2, 0) is 9.53 Å². The van der Waals surface area contributed by atoms with E-state index in [2.05, 4.69) is 14.9 Å². The first kappa shape index (κ1) is 22.8. The molecule has 0 bridgehead atoms. The zero-order valence-corrected chi connectivity index (χ0v) is 19.7. The molecule has 0 spiro atoms. The van der Waals surface area contributed by atoms with Crippen molar-refractivity contribution in [1.82, 2.24) is 14.9 Å². The molecule has 0 saturated carbocycles. The molecule has 8 heteroatoms. The molecule has 35 heavy (non-hydrogen) atoms. The largest absolute Gasteiger partial charge is 0.452 e. The number of fused-ring (bicyclic) bond motifs is 1. The molecule has 0 radical (unpaired) electrons. The molecule has 1 aliphatic heterocycles. The molecule has 0 aliphatic carbocycles. The maximum atomic E-state index is 13.1. The number of para-hydroxylation sites is 1. The normalized spacial score (nSPS) is 13.6. The summed E-state index contributed by atoms with van der Waals surface area (Å²) < 4.78 is 5.47. The van der Waals surface area contributed by atoms with Gasteiger partial charge in [-0.15, -0.1) is 0 Å². The molecule has 1 aliphatic rings. The number of aromatic nitrogens is 2. The van der Waals surface area contributed by atoms with Crippen LogP contribution < -0.4 is 4.90 Å². The summed E-state index contributed by atoms with van der Waals surface area (Å²) in [6, 6.07) is 22.1. The van der Waals surface area contributed by atoms with Crippen LogP contribution in [0.25, 0.3) is 22.2 Å². The van der Waals surface area contributed by atoms with E-state index in [9.17, 15) is 9.59 Å². The third-order valence-electron chi connectivity index (χ3n) is 6.02. The zero-order valence-electron chi connectivity index (χ0n) is 18.9. The Kier molecular flexibility index (Phi) is 6.59. The standard InChI is InChI=1S/C27H23ClN4O3/c28-22-9-3-1-8-20(22)24-17-21(19-7-2-4-10-23(19)30-24)27(34)35-18-26(33)32-15-13-31(14-16-32)25-11-5-6-12-29-25/h1-12,17H,13-16,18H2. The van der Waals surface area contributed by atoms with Gasteiger partial charge < -0.3 is 14.5 Å². The number of nitrogens with zero attached hydrogens (tertiary/aromatic N) is 4. The van der Waals surface area contributed by atoms with Crippen molar-refractivity contribution in [3.8, 4) is 11.3 Å². The van der Waals surface area contributed by atoms with Crippen LogP contribution in [0, 0.1) is 0 Å². The SMILES string of the molecule is O=C(OCC(=O)N1CCN(c2ccccn2)CC1)c1cc(-c2ccccc2Cl)nc2ccccc12. The van der Waals surface area contributed by atoms with Crippen molar-refractivity contribution in [1.29, 1.82) is 0 Å². The van der Waals surface area contributed by atoms with Crippen molar-refractivity contribution >= 4 is 40.2 Å². The minimum absolute atomic E-state index is 0.219. The van der Waals surface area contributed by atoms with E-state index in [1.165, 1.54) is 0 Å². The van der Waals surface area contributed by atoms with Gasteiger partial charge in [0, 0.05) is 48.3 Å². The number of hydrogen-bond donors (Lipinski definition) is 0. The second-order valence-electron chi connectivity index (χ2n) is 8.18. The molecule has 0 unspecified atom stereocenters. The Morgan fingerprint density at radius 3 is 2.43 bits per heavy atom. The fourth-order valence-electron chi connectivity index (χ4n) is 4.17. The van der Waals surface area contributed by atoms with Crippen LogP contribution >= 0.6 is 11.6 Å². The average Bonchev–Trinajstić information content (AvgIpc) is 2.91. The molecule has 4 aromatic rings. The summed E-state index contributed by atoms with van der Waals surface area (Å²) in [5, 5.41) is 1.19. The van der Waals surface area contributed by atoms with Gasteiger partial charge in [-0.1, -0.05) is 54.1 Å². The summed E-state index contributed by atoms with van der Waals surface area (Å²) in [6.07, 6.45) is 1.76. The fourth-order valence-corrected chi connectivity index (χ4v) is 4.41. The first-order valence-corrected chi connectivity index (χ1v) is 11.7. The molecule has 2 aromatic carbocycles. The lowest BCUT2D eigenvalue weighted by Crippen LogP contribution is -2.50. The molecular weight excluding hydrogens is 464 g/mol. The van der Waals surface area contributed by atoms with Crippen LogP contribution in [0.2, 0.25) is 5.02 Å². The lowest BCUT2D eigenvalue weighted by molar-refractivity contribution is -0.134. The third-order valence-corrected chi connectivity index (χ3v) is 6.35. The number of benzene rings is 2. The number of halogens is 1. The molecule has 7 nitrogen and oxygen atoms in total. The Hall–Kier alpha value is -3.97. The van der Waals surface area contributed by atoms with E-state index < -0.39 is 5.97 Å². The highest BCUT2D eigenvalue weighted by Gasteiger charge is 2.24. The predicted octanol–water partition coefficient (Wildman–Crippen LogP) is 4.46. The smallest absolute Gasteiger partial charge is 0.339 e. The van der Waals surface area contributed by atoms with E-state index >= 15 is 0 Å². The van der Waals surface area contributed by atoms with Crippen molar-refractivity contribution in [2.75, 3.05) is 37.7 Å². The molecule has 1 amide bonds. The number of esters is 1. The highest BCUT2D eigenvalue weighted by atomic mass is 35.5. The Labute approximate surface area is 207 Å². The third kappa shape index (κ3) is 4.95. The molecule has 176 valence electrons. The number of hydrogen-bond acceptors (Lipinski definition) is 6. The van der Waals surface area contributed by atoms with E-state index in [-0.39, 0.29) is 12.5 Å². The Bertz CT molecular complexity index is 1370. The van der Waals surface area contributed by atoms with Crippen LogP contribution in [0.1, 0.15) is 10.4 Å². The zero-order chi connectivity index (χ0) is 24.2. The van der Waals surface area contributed by atoms with Gasteiger partial charge in [0.2, 0.25) is 0 Å². The highest BCUT2D eigenvalue weighted by Crippen LogP contribution is 2.30. The van der Waals surface area contributed by atoms with Crippen LogP contribution in [0.4, 0.5) is 5.82 Å². The van der Waals surface area contributed by atoms with Crippen LogP contribution in [-0.4, -0.2) is 59.5 Å². The average molecular weight is 487 g/mol. The molecule has 1 saturated heterocycles. The van der Waals surface area contributed by atoms with Gasteiger partial charge in [0.05, 0.1) is 16.8 Å². The second kappa shape index (κ2) is 10.1. The van der Waals surface area contributed by atoms with Crippen molar-refractivity contribution in [3.05, 3.63) is 89.6 Å². The Morgan fingerprint density at radius 1 is 0.914 bits per heavy atom. The number of carbonyl (C=O) groups is 2. The predicted molar refractivity (Wildman–Crippen MR) is 136 cm³/mol. The summed E-state index contributed by atoms with van der Waals surface area (Å²) >= 11 is 6.37. The number of anilines is 1. The van der Waals surface area contributed by atoms with Gasteiger partial charge in [-0.2, -0.15) is 0 Å². The lowest BCUT2D eigenvalue weighted by atomic mass is 10.0. The molecule has 3 heterocycles. The van der Waals surface area contributed by atoms with E-state index in [0.29, 0.717) is 53.4 Å². The Balaban J connectivity index is 1.28. The van der Waals surface area contributed by atoms with Crippen molar-refractivity contribution in [3.63, 3.8) is 0 Å². The molecule has 2 aromatic heterocycles. The maximum Gasteiger partial charge on any atom is 0.339 e. The molecular formula is C27H23ClN4O3. The molecule has 1 fully saturated rings. The van der Waals surface area contributed by atoms with Crippen molar-refractivity contribution < 1.29 is 14.3 Å². The number of piperazine rings is 1. The van der Waals surface area contributed by atoms with Crippen LogP contribution in [0.15, 0.2) is 79.0 Å². The van der Waals surface area contributed by atoms with Gasteiger partial charge in [0.1, 0.15) is 5.82 Å². The van der Waals surface area contributed by atoms with E-state index in [1.807, 2.05) is 60.7 Å². The highest BCUT2D eigenvalue weighted by molar-refractivity contribution is 6.33. The molecule has 0 atom stereocenters. The van der Waals surface area contributed by atoms with E-state index in [4.69, 9.17) is 16.3 Å². The summed E-state index contributed by atoms with van der Waals surface area (Å²) in [5.74, 6) is 0.103. The van der Waals surface area contributed by atoms with Crippen LogP contribution in [0.5, 0.6) is 0 Å². The quantitative estimate of drug-likeness (QED) is 0.388. The number of rotatable bonds is 5. The minimum atomic E-state index is -0.572. The van der Waals surface area contributed by atoms with Crippen molar-refractivity contribution in [2.45, 2.75) is 0 Å². The lowest BCUT2D eigenvalue weighted by Gasteiger charge is -2.35. The van der Waals surface area contributed by atoms with E-state index in [0.717, 1.165) is 11.4 Å². The fraction of sp³-hybridized carbons (Fsp3) is 0.185. The summed E-state index contributed by atoms with van der Waals surface area (Å²) in [4.78, 5) is 38.7. The second-order valence-corrected chi connectivity index (χ2v) is 8.59. The summed E-state index contributed by atoms with van der Waals surface area (Å²) in [7, 11) is 0. The van der Waals surface area contributed by atoms with Gasteiger partial charge in [-0.3, -0.25) is 4.79 Å². The molecule has 0 N–H and O–H groups in total. The Morgan fingerprint density at radius 2 is 1.66 bits per heavy atom. The van der Waals surface area contributed by atoms with Gasteiger partial charge in [-0.05, 0) is 30.3 Å². The van der Waals surface area contributed by atoms with Gasteiger partial charge in [-0.25, -0.2) is 14.8 Å². The summed E-state index contributed by atoms with van der Waals surface area (Å²) in [5.41, 5.74) is 2.28. The van der Waals surface area contributed by atoms with Gasteiger partial charge in [0.25, 0.3) is 5.91 Å². The minimum Gasteiger partial charge on any atom is -0.452 e. The van der Waals surface area contributed by atoms with E-state index in [1.54, 1.807) is 23.2 Å². The topological polar surface area (TPSA) is 75.6 Å². The number of pyridine rings is 2. The van der Waals surface area contributed by atoms with Crippen molar-refractivity contribution in [2.24, 2.45) is 0 Å². The monoisotopic (exact) mass is 486 g/mol. The molecule has 5 rings (SSSR count). The van der Waals surface area contributed by atoms with Gasteiger partial charge in [0.15, 0.2) is 6.61 Å². The first-order chi connectivity index (χ1) is 17.1.